The SMILES string of the molecule is O=C(NCc1ccc(F)cc1)C1=C[C@H](c2ccccc2)C[C@H](OCc2ccc(CO)cc2)O1. The molecular weight excluding hydrogens is 421 g/mol. The molecule has 0 aliphatic carbocycles. The van der Waals surface area contributed by atoms with Gasteiger partial charge in [0.1, 0.15) is 5.82 Å². The number of hydrogen-bond donors (Lipinski definition) is 2. The molecule has 2 atom stereocenters. The standard InChI is InChI=1S/C27H26FNO4/c28-24-12-10-19(11-13-24)16-29-27(31)25-14-23(22-4-2-1-3-5-22)15-26(33-25)32-18-21-8-6-20(17-30)7-9-21/h1-14,23,26,30H,15-18H2,(H,29,31)/t23-,26+/m0/s1. The van der Waals surface area contributed by atoms with Crippen LogP contribution in [0.15, 0.2) is 90.7 Å². The smallest absolute Gasteiger partial charge is 0.286 e. The van der Waals surface area contributed by atoms with Crippen molar-refractivity contribution < 1.29 is 23.8 Å². The van der Waals surface area contributed by atoms with E-state index >= 15 is 0 Å². The summed E-state index contributed by atoms with van der Waals surface area (Å²) in [5.74, 6) is -0.493. The number of benzene rings is 3. The number of allylic oxidation sites excluding steroid dienone is 1. The van der Waals surface area contributed by atoms with E-state index in [1.54, 1.807) is 12.1 Å². The fraction of sp³-hybridized carbons (Fsp3) is 0.222. The van der Waals surface area contributed by atoms with Crippen LogP contribution in [0.25, 0.3) is 0 Å². The highest BCUT2D eigenvalue weighted by molar-refractivity contribution is 5.91. The zero-order valence-corrected chi connectivity index (χ0v) is 18.1. The summed E-state index contributed by atoms with van der Waals surface area (Å²) >= 11 is 0. The maximum atomic E-state index is 13.1. The number of aliphatic hydroxyl groups is 1. The van der Waals surface area contributed by atoms with Crippen molar-refractivity contribution >= 4 is 5.91 Å². The molecule has 3 aromatic carbocycles. The molecule has 33 heavy (non-hydrogen) atoms. The van der Waals surface area contributed by atoms with Gasteiger partial charge in [-0.15, -0.1) is 0 Å². The van der Waals surface area contributed by atoms with Crippen molar-refractivity contribution in [3.63, 3.8) is 0 Å². The lowest BCUT2D eigenvalue weighted by Crippen LogP contribution is -2.32. The second-order valence-corrected chi connectivity index (χ2v) is 7.93. The first kappa shape index (κ1) is 22.7. The van der Waals surface area contributed by atoms with Gasteiger partial charge in [0.05, 0.1) is 13.2 Å². The number of amides is 1. The molecule has 0 unspecified atom stereocenters. The van der Waals surface area contributed by atoms with Gasteiger partial charge in [-0.1, -0.05) is 66.7 Å². The van der Waals surface area contributed by atoms with Crippen molar-refractivity contribution in [2.45, 2.75) is 38.4 Å². The minimum absolute atomic E-state index is 0.00713. The number of hydrogen-bond acceptors (Lipinski definition) is 4. The number of halogens is 1. The molecule has 0 saturated carbocycles. The van der Waals surface area contributed by atoms with Gasteiger partial charge in [-0.05, 0) is 40.5 Å². The fourth-order valence-corrected chi connectivity index (χ4v) is 3.65. The average molecular weight is 448 g/mol. The fourth-order valence-electron chi connectivity index (χ4n) is 3.65. The van der Waals surface area contributed by atoms with Gasteiger partial charge >= 0.3 is 0 Å². The predicted octanol–water partition coefficient (Wildman–Crippen LogP) is 4.57. The molecular formula is C27H26FNO4. The first-order chi connectivity index (χ1) is 16.1. The summed E-state index contributed by atoms with van der Waals surface area (Å²) in [7, 11) is 0. The maximum absolute atomic E-state index is 13.1. The van der Waals surface area contributed by atoms with Crippen LogP contribution < -0.4 is 5.32 Å². The van der Waals surface area contributed by atoms with Crippen LogP contribution in [0.3, 0.4) is 0 Å². The largest absolute Gasteiger partial charge is 0.459 e. The summed E-state index contributed by atoms with van der Waals surface area (Å²) < 4.78 is 25.0. The Hall–Kier alpha value is -3.48. The highest BCUT2D eigenvalue weighted by atomic mass is 19.1. The van der Waals surface area contributed by atoms with Gasteiger partial charge in [0, 0.05) is 18.9 Å². The molecule has 0 saturated heterocycles. The topological polar surface area (TPSA) is 67.8 Å². The van der Waals surface area contributed by atoms with E-state index in [4.69, 9.17) is 9.47 Å². The molecule has 6 heteroatoms. The lowest BCUT2D eigenvalue weighted by Gasteiger charge is -2.29. The zero-order valence-electron chi connectivity index (χ0n) is 18.1. The van der Waals surface area contributed by atoms with Crippen LogP contribution >= 0.6 is 0 Å². The van der Waals surface area contributed by atoms with Gasteiger partial charge in [0.15, 0.2) is 5.76 Å². The highest BCUT2D eigenvalue weighted by Crippen LogP contribution is 2.31. The van der Waals surface area contributed by atoms with E-state index in [0.717, 1.165) is 22.3 Å². The third kappa shape index (κ3) is 6.28. The Morgan fingerprint density at radius 2 is 1.64 bits per heavy atom. The van der Waals surface area contributed by atoms with Crippen LogP contribution in [0.1, 0.15) is 34.6 Å². The van der Waals surface area contributed by atoms with Crippen LogP contribution in [-0.4, -0.2) is 17.3 Å². The maximum Gasteiger partial charge on any atom is 0.286 e. The highest BCUT2D eigenvalue weighted by Gasteiger charge is 2.28. The van der Waals surface area contributed by atoms with Gasteiger partial charge in [-0.2, -0.15) is 0 Å². The van der Waals surface area contributed by atoms with E-state index in [1.165, 1.54) is 12.1 Å². The van der Waals surface area contributed by atoms with E-state index in [-0.39, 0.29) is 36.6 Å². The van der Waals surface area contributed by atoms with E-state index in [0.29, 0.717) is 13.0 Å². The Morgan fingerprint density at radius 1 is 0.970 bits per heavy atom. The number of carbonyl (C=O) groups is 1. The first-order valence-corrected chi connectivity index (χ1v) is 10.9. The second kappa shape index (κ2) is 10.9. The molecule has 0 radical (unpaired) electrons. The molecule has 2 N–H and O–H groups in total. The first-order valence-electron chi connectivity index (χ1n) is 10.9. The summed E-state index contributed by atoms with van der Waals surface area (Å²) in [6.07, 6.45) is 1.81. The third-order valence-electron chi connectivity index (χ3n) is 5.52. The van der Waals surface area contributed by atoms with Crippen molar-refractivity contribution in [2.24, 2.45) is 0 Å². The van der Waals surface area contributed by atoms with E-state index in [2.05, 4.69) is 5.32 Å². The molecule has 0 bridgehead atoms. The summed E-state index contributed by atoms with van der Waals surface area (Å²) in [6, 6.07) is 23.4. The molecule has 4 rings (SSSR count). The number of carbonyl (C=O) groups excluding carboxylic acids is 1. The molecule has 1 aliphatic heterocycles. The van der Waals surface area contributed by atoms with Gasteiger partial charge in [0.25, 0.3) is 5.91 Å². The van der Waals surface area contributed by atoms with Gasteiger partial charge in [0.2, 0.25) is 6.29 Å². The molecule has 3 aromatic rings. The van der Waals surface area contributed by atoms with Gasteiger partial charge in [-0.3, -0.25) is 4.79 Å². The zero-order chi connectivity index (χ0) is 23.0. The van der Waals surface area contributed by atoms with Gasteiger partial charge in [-0.25, -0.2) is 4.39 Å². The van der Waals surface area contributed by atoms with E-state index in [1.807, 2.05) is 60.7 Å². The molecule has 5 nitrogen and oxygen atoms in total. The Balaban J connectivity index is 1.44. The predicted molar refractivity (Wildman–Crippen MR) is 122 cm³/mol. The molecule has 1 amide bonds. The Bertz CT molecular complexity index is 1080. The lowest BCUT2D eigenvalue weighted by molar-refractivity contribution is -0.150. The van der Waals surface area contributed by atoms with Crippen LogP contribution in [0, 0.1) is 5.82 Å². The Morgan fingerprint density at radius 3 is 2.33 bits per heavy atom. The second-order valence-electron chi connectivity index (χ2n) is 7.93. The van der Waals surface area contributed by atoms with Crippen molar-refractivity contribution in [1.29, 1.82) is 0 Å². The van der Waals surface area contributed by atoms with E-state index < -0.39 is 6.29 Å². The van der Waals surface area contributed by atoms with Crippen LogP contribution in [0.2, 0.25) is 0 Å². The monoisotopic (exact) mass is 447 g/mol. The molecule has 0 aromatic heterocycles. The number of aliphatic hydroxyl groups excluding tert-OH is 1. The molecule has 1 aliphatic rings. The summed E-state index contributed by atoms with van der Waals surface area (Å²) in [5.41, 5.74) is 3.65. The Labute approximate surface area is 192 Å². The summed E-state index contributed by atoms with van der Waals surface area (Å²) in [6.45, 7) is 0.577. The summed E-state index contributed by atoms with van der Waals surface area (Å²) in [4.78, 5) is 12.8. The van der Waals surface area contributed by atoms with Crippen molar-refractivity contribution in [3.05, 3.63) is 119 Å². The number of nitrogens with one attached hydrogen (secondary N) is 1. The molecule has 1 heterocycles. The molecule has 0 spiro atoms. The van der Waals surface area contributed by atoms with Crippen LogP contribution in [-0.2, 0) is 34.0 Å². The lowest BCUT2D eigenvalue weighted by atomic mass is 9.93. The van der Waals surface area contributed by atoms with Crippen molar-refractivity contribution in [3.8, 4) is 0 Å². The number of ether oxygens (including phenoxy) is 2. The van der Waals surface area contributed by atoms with Crippen LogP contribution in [0.5, 0.6) is 0 Å². The van der Waals surface area contributed by atoms with Crippen LogP contribution in [0.4, 0.5) is 4.39 Å². The molecule has 0 fully saturated rings. The van der Waals surface area contributed by atoms with Gasteiger partial charge < -0.3 is 19.9 Å². The van der Waals surface area contributed by atoms with E-state index in [9.17, 15) is 14.3 Å². The Kier molecular flexibility index (Phi) is 7.50. The van der Waals surface area contributed by atoms with Crippen molar-refractivity contribution in [1.82, 2.24) is 5.32 Å². The minimum Gasteiger partial charge on any atom is -0.459 e. The quantitative estimate of drug-likeness (QED) is 0.531. The summed E-state index contributed by atoms with van der Waals surface area (Å²) in [5, 5.41) is 12.0. The molecule has 170 valence electrons. The van der Waals surface area contributed by atoms with Crippen molar-refractivity contribution in [2.75, 3.05) is 0 Å². The minimum atomic E-state index is -0.593. The number of rotatable bonds is 8. The third-order valence-corrected chi connectivity index (χ3v) is 5.52. The average Bonchev–Trinajstić information content (AvgIpc) is 2.87. The normalized spacial score (nSPS) is 17.7.